The van der Waals surface area contributed by atoms with E-state index in [-0.39, 0.29) is 0 Å². The molecule has 0 atom stereocenters. The van der Waals surface area contributed by atoms with Gasteiger partial charge in [0, 0.05) is 31.4 Å². The van der Waals surface area contributed by atoms with E-state index in [0.29, 0.717) is 11.5 Å². The Labute approximate surface area is 125 Å². The Kier molecular flexibility index (Phi) is 8.43. The van der Waals surface area contributed by atoms with Crippen LogP contribution < -0.4 is 5.32 Å². The van der Waals surface area contributed by atoms with E-state index in [1.807, 2.05) is 11.8 Å². The molecule has 0 unspecified atom stereocenters. The average molecular weight is 287 g/mol. The molecule has 19 heavy (non-hydrogen) atoms. The fourth-order valence-electron chi connectivity index (χ4n) is 3.19. The van der Waals surface area contributed by atoms with Gasteiger partial charge in [-0.25, -0.2) is 0 Å². The third kappa shape index (κ3) is 7.01. The van der Waals surface area contributed by atoms with Crippen molar-refractivity contribution in [3.63, 3.8) is 0 Å². The predicted octanol–water partition coefficient (Wildman–Crippen LogP) is 3.62. The number of hydrogen-bond donors (Lipinski definition) is 1. The Bertz CT molecular complexity index is 223. The molecule has 0 heterocycles. The largest absolute Gasteiger partial charge is 0.314 e. The van der Waals surface area contributed by atoms with Crippen LogP contribution in [0.3, 0.4) is 0 Å². The topological polar surface area (TPSA) is 15.3 Å². The molecule has 0 saturated heterocycles. The van der Waals surface area contributed by atoms with Gasteiger partial charge in [0.25, 0.3) is 0 Å². The summed E-state index contributed by atoms with van der Waals surface area (Å²) in [7, 11) is 2.30. The minimum Gasteiger partial charge on any atom is -0.314 e. The lowest BCUT2D eigenvalue weighted by Gasteiger charge is -2.37. The molecule has 0 aromatic rings. The van der Waals surface area contributed by atoms with Gasteiger partial charge < -0.3 is 10.2 Å². The summed E-state index contributed by atoms with van der Waals surface area (Å²) in [6.45, 7) is 8.23. The third-order valence-corrected chi connectivity index (χ3v) is 4.92. The smallest absolute Gasteiger partial charge is 0.00694 e. The van der Waals surface area contributed by atoms with Crippen LogP contribution >= 0.6 is 11.8 Å². The van der Waals surface area contributed by atoms with Crippen molar-refractivity contribution in [2.75, 3.05) is 38.7 Å². The Balaban J connectivity index is 2.56. The number of rotatable bonds is 8. The zero-order chi connectivity index (χ0) is 14.1. The summed E-state index contributed by atoms with van der Waals surface area (Å²) in [5, 5.41) is 3.71. The first-order valence-electron chi connectivity index (χ1n) is 7.99. The zero-order valence-electron chi connectivity index (χ0n) is 13.5. The molecule has 114 valence electrons. The van der Waals surface area contributed by atoms with Crippen molar-refractivity contribution in [1.82, 2.24) is 10.2 Å². The quantitative estimate of drug-likeness (QED) is 0.686. The van der Waals surface area contributed by atoms with Crippen molar-refractivity contribution in [1.29, 1.82) is 0 Å². The van der Waals surface area contributed by atoms with Gasteiger partial charge in [0.05, 0.1) is 0 Å². The molecule has 0 aromatic carbocycles. The van der Waals surface area contributed by atoms with E-state index in [0.717, 1.165) is 0 Å². The van der Waals surface area contributed by atoms with Crippen LogP contribution in [0, 0.1) is 5.41 Å². The van der Waals surface area contributed by atoms with Gasteiger partial charge in [-0.3, -0.25) is 0 Å². The van der Waals surface area contributed by atoms with Gasteiger partial charge in [0.15, 0.2) is 0 Å². The molecular weight excluding hydrogens is 252 g/mol. The summed E-state index contributed by atoms with van der Waals surface area (Å²) >= 11 is 1.96. The Morgan fingerprint density at radius 1 is 1.16 bits per heavy atom. The van der Waals surface area contributed by atoms with Crippen molar-refractivity contribution >= 4 is 11.8 Å². The summed E-state index contributed by atoms with van der Waals surface area (Å²) in [6, 6.07) is 0.608. The molecule has 0 amide bonds. The SMILES string of the molecule is CSCCN(C)CC1(CNC(C)C)CCCCCC1. The first-order chi connectivity index (χ1) is 9.08. The average Bonchev–Trinajstić information content (AvgIpc) is 2.60. The molecule has 1 aliphatic carbocycles. The van der Waals surface area contributed by atoms with Gasteiger partial charge >= 0.3 is 0 Å². The first kappa shape index (κ1) is 17.3. The molecule has 0 radical (unpaired) electrons. The van der Waals surface area contributed by atoms with E-state index >= 15 is 0 Å². The molecule has 1 saturated carbocycles. The monoisotopic (exact) mass is 286 g/mol. The van der Waals surface area contributed by atoms with Crippen molar-refractivity contribution in [2.45, 2.75) is 58.4 Å². The zero-order valence-corrected chi connectivity index (χ0v) is 14.3. The van der Waals surface area contributed by atoms with Gasteiger partial charge in [-0.1, -0.05) is 39.5 Å². The summed E-state index contributed by atoms with van der Waals surface area (Å²) in [5.74, 6) is 1.25. The van der Waals surface area contributed by atoms with Crippen LogP contribution in [0.1, 0.15) is 52.4 Å². The first-order valence-corrected chi connectivity index (χ1v) is 9.38. The summed E-state index contributed by atoms with van der Waals surface area (Å²) in [6.07, 6.45) is 10.8. The van der Waals surface area contributed by atoms with Gasteiger partial charge in [0.2, 0.25) is 0 Å². The summed E-state index contributed by atoms with van der Waals surface area (Å²) in [5.41, 5.74) is 0.522. The van der Waals surface area contributed by atoms with E-state index in [1.54, 1.807) is 0 Å². The molecular formula is C16H34N2S. The standard InChI is InChI=1S/C16H34N2S/c1-15(2)17-13-16(9-7-5-6-8-10-16)14-18(3)11-12-19-4/h15,17H,5-14H2,1-4H3. The molecule has 3 heteroatoms. The number of thioether (sulfide) groups is 1. The van der Waals surface area contributed by atoms with E-state index in [2.05, 4.69) is 37.4 Å². The van der Waals surface area contributed by atoms with Gasteiger partial charge in [-0.2, -0.15) is 11.8 Å². The van der Waals surface area contributed by atoms with Crippen LogP contribution in [0.15, 0.2) is 0 Å². The molecule has 1 fully saturated rings. The second kappa shape index (κ2) is 9.25. The predicted molar refractivity (Wildman–Crippen MR) is 89.2 cm³/mol. The lowest BCUT2D eigenvalue weighted by molar-refractivity contribution is 0.148. The lowest BCUT2D eigenvalue weighted by atomic mass is 9.79. The highest BCUT2D eigenvalue weighted by Gasteiger charge is 2.31. The normalized spacial score (nSPS) is 19.9. The highest BCUT2D eigenvalue weighted by atomic mass is 32.2. The van der Waals surface area contributed by atoms with Crippen LogP contribution in [0.2, 0.25) is 0 Å². The van der Waals surface area contributed by atoms with Gasteiger partial charge in [0.1, 0.15) is 0 Å². The van der Waals surface area contributed by atoms with Crippen LogP contribution in [0.4, 0.5) is 0 Å². The molecule has 0 spiro atoms. The summed E-state index contributed by atoms with van der Waals surface area (Å²) < 4.78 is 0. The maximum atomic E-state index is 3.71. The molecule has 1 N–H and O–H groups in total. The van der Waals surface area contributed by atoms with Crippen LogP contribution in [0.5, 0.6) is 0 Å². The molecule has 1 rings (SSSR count). The van der Waals surface area contributed by atoms with Crippen molar-refractivity contribution in [2.24, 2.45) is 5.41 Å². The van der Waals surface area contributed by atoms with E-state index in [4.69, 9.17) is 0 Å². The maximum absolute atomic E-state index is 3.71. The lowest BCUT2D eigenvalue weighted by Crippen LogP contribution is -2.45. The fourth-order valence-corrected chi connectivity index (χ4v) is 3.68. The van der Waals surface area contributed by atoms with Gasteiger partial charge in [-0.05, 0) is 31.6 Å². The van der Waals surface area contributed by atoms with Crippen LogP contribution in [0.25, 0.3) is 0 Å². The molecule has 0 bridgehead atoms. The fraction of sp³-hybridized carbons (Fsp3) is 1.00. The van der Waals surface area contributed by atoms with E-state index < -0.39 is 0 Å². The van der Waals surface area contributed by atoms with Crippen molar-refractivity contribution < 1.29 is 0 Å². The Morgan fingerprint density at radius 2 is 1.79 bits per heavy atom. The molecule has 2 nitrogen and oxygen atoms in total. The minimum absolute atomic E-state index is 0.522. The van der Waals surface area contributed by atoms with Crippen molar-refractivity contribution in [3.05, 3.63) is 0 Å². The number of hydrogen-bond acceptors (Lipinski definition) is 3. The Morgan fingerprint density at radius 3 is 2.32 bits per heavy atom. The van der Waals surface area contributed by atoms with E-state index in [9.17, 15) is 0 Å². The molecule has 0 aliphatic heterocycles. The highest BCUT2D eigenvalue weighted by Crippen LogP contribution is 2.35. The summed E-state index contributed by atoms with van der Waals surface area (Å²) in [4.78, 5) is 2.56. The minimum atomic E-state index is 0.522. The maximum Gasteiger partial charge on any atom is 0.00694 e. The number of nitrogens with zero attached hydrogens (tertiary/aromatic N) is 1. The number of nitrogens with one attached hydrogen (secondary N) is 1. The molecule has 1 aliphatic rings. The molecule has 0 aromatic heterocycles. The second-order valence-electron chi connectivity index (χ2n) is 6.68. The second-order valence-corrected chi connectivity index (χ2v) is 7.67. The third-order valence-electron chi connectivity index (χ3n) is 4.33. The highest BCUT2D eigenvalue weighted by molar-refractivity contribution is 7.98. The Hall–Kier alpha value is 0.270. The van der Waals surface area contributed by atoms with Crippen LogP contribution in [-0.2, 0) is 0 Å². The van der Waals surface area contributed by atoms with Crippen LogP contribution in [-0.4, -0.2) is 49.6 Å². The van der Waals surface area contributed by atoms with Gasteiger partial charge in [-0.15, -0.1) is 0 Å². The van der Waals surface area contributed by atoms with Crippen molar-refractivity contribution in [3.8, 4) is 0 Å². The van der Waals surface area contributed by atoms with E-state index in [1.165, 1.54) is 63.9 Å².